The lowest BCUT2D eigenvalue weighted by Crippen LogP contribution is -2.59. The molecule has 1 aliphatic rings. The SMILES string of the molecule is Cc1ccc(S(=O)(=O)N(C(=O)C2NCC(=O)SC2=O)[C@@H](Cc2ccc(OC(=O)N(C)C)cc2)C(=O)O)cc1. The van der Waals surface area contributed by atoms with Gasteiger partial charge in [0.1, 0.15) is 11.8 Å². The minimum atomic E-state index is -4.76. The Labute approximate surface area is 223 Å². The quantitative estimate of drug-likeness (QED) is 0.440. The van der Waals surface area contributed by atoms with Crippen molar-refractivity contribution in [3.8, 4) is 5.75 Å². The molecule has 2 aromatic carbocycles. The molecule has 0 aliphatic carbocycles. The number of hydrogen-bond donors (Lipinski definition) is 2. The third-order valence-corrected chi connectivity index (χ3v) is 8.06. The highest BCUT2D eigenvalue weighted by molar-refractivity contribution is 8.26. The van der Waals surface area contributed by atoms with Gasteiger partial charge in [0.25, 0.3) is 15.9 Å². The number of nitrogens with one attached hydrogen (secondary N) is 1. The second-order valence-corrected chi connectivity index (χ2v) is 11.4. The van der Waals surface area contributed by atoms with Gasteiger partial charge < -0.3 is 14.7 Å². The van der Waals surface area contributed by atoms with Crippen molar-refractivity contribution in [2.45, 2.75) is 30.3 Å². The second-order valence-electron chi connectivity index (χ2n) is 8.52. The number of carbonyl (C=O) groups is 5. The van der Waals surface area contributed by atoms with E-state index in [1.165, 1.54) is 67.5 Å². The summed E-state index contributed by atoms with van der Waals surface area (Å²) in [5.41, 5.74) is 1.04. The average molecular weight is 564 g/mol. The zero-order chi connectivity index (χ0) is 28.2. The Morgan fingerprint density at radius 1 is 1.08 bits per heavy atom. The van der Waals surface area contributed by atoms with Crippen molar-refractivity contribution in [2.75, 3.05) is 20.6 Å². The Hall–Kier alpha value is -3.75. The standard InChI is InChI=1S/C24H25N3O9S2/c1-14-4-10-17(11-5-14)38(34,35)27(21(29)20-23(32)37-19(28)13-25-20)18(22(30)31)12-15-6-8-16(9-7-15)36-24(33)26(2)3/h4-11,18,20,25H,12-13H2,1-3H3,(H,30,31)/t18-,20?/m0/s1. The van der Waals surface area contributed by atoms with Gasteiger partial charge in [0.15, 0.2) is 6.04 Å². The molecular formula is C24H25N3O9S2. The summed E-state index contributed by atoms with van der Waals surface area (Å²) in [7, 11) is -1.77. The van der Waals surface area contributed by atoms with Crippen molar-refractivity contribution in [3.05, 3.63) is 59.7 Å². The molecule has 1 unspecified atom stereocenters. The molecule has 0 aromatic heterocycles. The van der Waals surface area contributed by atoms with E-state index in [1.54, 1.807) is 6.92 Å². The number of ether oxygens (including phenoxy) is 1. The van der Waals surface area contributed by atoms with Crippen LogP contribution < -0.4 is 10.1 Å². The zero-order valence-corrected chi connectivity index (χ0v) is 22.2. The van der Waals surface area contributed by atoms with E-state index in [1.807, 2.05) is 0 Å². The molecule has 2 atom stereocenters. The van der Waals surface area contributed by atoms with Crippen molar-refractivity contribution < 1.29 is 42.2 Å². The first-order valence-electron chi connectivity index (χ1n) is 11.1. The number of hydrogen-bond acceptors (Lipinski definition) is 10. The summed E-state index contributed by atoms with van der Waals surface area (Å²) in [6, 6.07) is 7.37. The third-order valence-electron chi connectivity index (χ3n) is 5.43. The lowest BCUT2D eigenvalue weighted by atomic mass is 10.1. The van der Waals surface area contributed by atoms with E-state index in [9.17, 15) is 37.5 Å². The number of carbonyl (C=O) groups excluding carboxylic acids is 4. The predicted octanol–water partition coefficient (Wildman–Crippen LogP) is 1.03. The molecule has 14 heteroatoms. The van der Waals surface area contributed by atoms with Crippen molar-refractivity contribution in [1.29, 1.82) is 0 Å². The number of sulfonamides is 1. The lowest BCUT2D eigenvalue weighted by Gasteiger charge is -2.32. The van der Waals surface area contributed by atoms with Crippen LogP contribution in [0.4, 0.5) is 4.79 Å². The number of amides is 2. The fraction of sp³-hybridized carbons (Fsp3) is 0.292. The Balaban J connectivity index is 2.01. The van der Waals surface area contributed by atoms with E-state index in [0.717, 1.165) is 5.56 Å². The molecule has 0 spiro atoms. The second kappa shape index (κ2) is 11.8. The van der Waals surface area contributed by atoms with Crippen molar-refractivity contribution in [2.24, 2.45) is 0 Å². The van der Waals surface area contributed by atoms with E-state index < -0.39 is 56.7 Å². The molecule has 2 aromatic rings. The largest absolute Gasteiger partial charge is 0.480 e. The number of aliphatic carboxylic acids is 1. The summed E-state index contributed by atoms with van der Waals surface area (Å²) in [4.78, 5) is 62.5. The molecule has 1 aliphatic heterocycles. The smallest absolute Gasteiger partial charge is 0.414 e. The minimum absolute atomic E-state index is 0.165. The van der Waals surface area contributed by atoms with Crippen LogP contribution in [-0.4, -0.2) is 83.7 Å². The monoisotopic (exact) mass is 563 g/mol. The van der Waals surface area contributed by atoms with E-state index in [2.05, 4.69) is 5.32 Å². The number of carboxylic acid groups (broad SMARTS) is 1. The van der Waals surface area contributed by atoms with Gasteiger partial charge in [-0.3, -0.25) is 19.7 Å². The lowest BCUT2D eigenvalue weighted by molar-refractivity contribution is -0.147. The Bertz CT molecular complexity index is 1360. The number of carboxylic acids is 1. The van der Waals surface area contributed by atoms with E-state index in [4.69, 9.17) is 4.74 Å². The van der Waals surface area contributed by atoms with E-state index in [0.29, 0.717) is 5.56 Å². The Morgan fingerprint density at radius 2 is 1.68 bits per heavy atom. The number of thioether (sulfide) groups is 1. The fourth-order valence-corrected chi connectivity index (χ4v) is 5.67. The summed E-state index contributed by atoms with van der Waals surface area (Å²) in [6.45, 7) is 1.34. The van der Waals surface area contributed by atoms with Gasteiger partial charge in [-0.1, -0.05) is 29.8 Å². The Kier molecular flexibility index (Phi) is 8.91. The number of rotatable bonds is 8. The molecule has 38 heavy (non-hydrogen) atoms. The molecule has 1 saturated heterocycles. The molecule has 1 heterocycles. The van der Waals surface area contributed by atoms with Crippen LogP contribution in [0.5, 0.6) is 5.75 Å². The molecule has 1 fully saturated rings. The highest BCUT2D eigenvalue weighted by Gasteiger charge is 2.46. The van der Waals surface area contributed by atoms with Gasteiger partial charge in [-0.25, -0.2) is 22.3 Å². The van der Waals surface area contributed by atoms with Crippen LogP contribution >= 0.6 is 11.8 Å². The van der Waals surface area contributed by atoms with Gasteiger partial charge in [-0.15, -0.1) is 0 Å². The first kappa shape index (κ1) is 28.8. The number of benzene rings is 2. The number of aryl methyl sites for hydroxylation is 1. The van der Waals surface area contributed by atoms with Gasteiger partial charge in [0.2, 0.25) is 10.2 Å². The van der Waals surface area contributed by atoms with Crippen LogP contribution in [0.25, 0.3) is 0 Å². The maximum Gasteiger partial charge on any atom is 0.414 e. The maximum absolute atomic E-state index is 13.6. The predicted molar refractivity (Wildman–Crippen MR) is 136 cm³/mol. The molecule has 0 saturated carbocycles. The molecule has 12 nitrogen and oxygen atoms in total. The minimum Gasteiger partial charge on any atom is -0.480 e. The summed E-state index contributed by atoms with van der Waals surface area (Å²) in [5.74, 6) is -2.79. The first-order chi connectivity index (χ1) is 17.8. The molecule has 202 valence electrons. The summed E-state index contributed by atoms with van der Waals surface area (Å²) < 4.78 is 32.6. The maximum atomic E-state index is 13.6. The van der Waals surface area contributed by atoms with Gasteiger partial charge in [0, 0.05) is 20.5 Å². The van der Waals surface area contributed by atoms with Crippen molar-refractivity contribution >= 4 is 50.0 Å². The van der Waals surface area contributed by atoms with Crippen LogP contribution in [0.15, 0.2) is 53.4 Å². The van der Waals surface area contributed by atoms with Gasteiger partial charge in [0.05, 0.1) is 11.4 Å². The molecular weight excluding hydrogens is 538 g/mol. The third kappa shape index (κ3) is 6.57. The van der Waals surface area contributed by atoms with Crippen LogP contribution in [0, 0.1) is 6.92 Å². The molecule has 0 radical (unpaired) electrons. The van der Waals surface area contributed by atoms with Crippen LogP contribution in [0.2, 0.25) is 0 Å². The fourth-order valence-electron chi connectivity index (χ4n) is 3.43. The molecule has 0 bridgehead atoms. The molecule has 3 rings (SSSR count). The molecule has 2 amide bonds. The summed E-state index contributed by atoms with van der Waals surface area (Å²) in [5, 5.41) is 11.0. The normalized spacial score (nSPS) is 16.4. The topological polar surface area (TPSA) is 167 Å². The van der Waals surface area contributed by atoms with Crippen molar-refractivity contribution in [1.82, 2.24) is 14.5 Å². The van der Waals surface area contributed by atoms with Gasteiger partial charge >= 0.3 is 12.1 Å². The van der Waals surface area contributed by atoms with E-state index in [-0.39, 0.29) is 33.3 Å². The van der Waals surface area contributed by atoms with Crippen molar-refractivity contribution in [3.63, 3.8) is 0 Å². The first-order valence-corrected chi connectivity index (χ1v) is 13.4. The van der Waals surface area contributed by atoms with Gasteiger partial charge in [-0.05, 0) is 48.5 Å². The highest BCUT2D eigenvalue weighted by Crippen LogP contribution is 2.25. The molecule has 2 N–H and O–H groups in total. The highest BCUT2D eigenvalue weighted by atomic mass is 32.2. The van der Waals surface area contributed by atoms with Crippen LogP contribution in [0.1, 0.15) is 11.1 Å². The summed E-state index contributed by atoms with van der Waals surface area (Å²) in [6.07, 6.45) is -1.09. The average Bonchev–Trinajstić information content (AvgIpc) is 2.84. The number of nitrogens with zero attached hydrogens (tertiary/aromatic N) is 2. The van der Waals surface area contributed by atoms with Crippen LogP contribution in [0.3, 0.4) is 0 Å². The van der Waals surface area contributed by atoms with E-state index >= 15 is 0 Å². The summed E-state index contributed by atoms with van der Waals surface area (Å²) >= 11 is 0.261. The van der Waals surface area contributed by atoms with Crippen LogP contribution in [-0.2, 0) is 35.6 Å². The van der Waals surface area contributed by atoms with Gasteiger partial charge in [-0.2, -0.15) is 0 Å². The zero-order valence-electron chi connectivity index (χ0n) is 20.6. The Morgan fingerprint density at radius 3 is 2.21 bits per heavy atom.